The summed E-state index contributed by atoms with van der Waals surface area (Å²) >= 11 is 13.0. The van der Waals surface area contributed by atoms with Crippen LogP contribution in [0.5, 0.6) is 0 Å². The summed E-state index contributed by atoms with van der Waals surface area (Å²) in [6.07, 6.45) is 5.59. The molecule has 80 heavy (non-hydrogen) atoms. The highest BCUT2D eigenvalue weighted by molar-refractivity contribution is 7.91. The quantitative estimate of drug-likeness (QED) is 0.0486. The number of fused-ring (bicyclic) bond motifs is 2. The van der Waals surface area contributed by atoms with Crippen molar-refractivity contribution in [3.63, 3.8) is 0 Å². The molecule has 0 aliphatic carbocycles. The molecule has 19 heteroatoms. The number of amides is 2. The van der Waals surface area contributed by atoms with Crippen molar-refractivity contribution in [3.05, 3.63) is 126 Å². The number of nitrogens with one attached hydrogen (secondary N) is 3. The number of unbranched alkanes of at least 4 members (excludes halogenated alkanes) is 2. The Morgan fingerprint density at radius 2 is 1.14 bits per heavy atom. The van der Waals surface area contributed by atoms with Gasteiger partial charge in [0.1, 0.15) is 5.78 Å². The van der Waals surface area contributed by atoms with Gasteiger partial charge in [-0.1, -0.05) is 41.8 Å². The molecule has 4 aliphatic rings. The monoisotopic (exact) mass is 1180 g/mol. The number of sulfone groups is 1. The zero-order valence-electron chi connectivity index (χ0n) is 47.9. The summed E-state index contributed by atoms with van der Waals surface area (Å²) in [4.78, 5) is 34.6. The molecule has 4 aliphatic heterocycles. The first-order chi connectivity index (χ1) is 38.2. The van der Waals surface area contributed by atoms with Gasteiger partial charge in [-0.25, -0.2) is 26.4 Å². The molecule has 0 spiro atoms. The van der Waals surface area contributed by atoms with Gasteiger partial charge in [-0.3, -0.25) is 9.69 Å². The Balaban J connectivity index is 0.619. The molecule has 15 nitrogen and oxygen atoms in total. The predicted molar refractivity (Wildman–Crippen MR) is 319 cm³/mol. The van der Waals surface area contributed by atoms with Crippen LogP contribution >= 0.6 is 23.2 Å². The van der Waals surface area contributed by atoms with E-state index in [4.69, 9.17) is 32.7 Å². The Bertz CT molecular complexity index is 2840. The van der Waals surface area contributed by atoms with Crippen molar-refractivity contribution < 1.29 is 35.9 Å². The van der Waals surface area contributed by atoms with E-state index in [1.165, 1.54) is 22.3 Å². The fourth-order valence-corrected chi connectivity index (χ4v) is 15.8. The van der Waals surface area contributed by atoms with E-state index in [1.807, 2.05) is 49.4 Å². The molecule has 3 N–H and O–H groups in total. The van der Waals surface area contributed by atoms with Crippen LogP contribution in [0.3, 0.4) is 0 Å². The maximum absolute atomic E-state index is 13.8. The fourth-order valence-electron chi connectivity index (χ4n) is 12.3. The van der Waals surface area contributed by atoms with Gasteiger partial charge in [-0.05, 0) is 197 Å². The molecular formula is C61H85Cl2N7O8S2. The van der Waals surface area contributed by atoms with E-state index < -0.39 is 19.9 Å². The van der Waals surface area contributed by atoms with Crippen molar-refractivity contribution in [2.75, 3.05) is 112 Å². The van der Waals surface area contributed by atoms with Gasteiger partial charge in [0.05, 0.1) is 35.4 Å². The lowest BCUT2D eigenvalue weighted by molar-refractivity contribution is -0.119. The average Bonchev–Trinajstić information content (AvgIpc) is 4.10. The number of benzene rings is 4. The second-order valence-electron chi connectivity index (χ2n) is 23.1. The number of sulfonamides is 1. The van der Waals surface area contributed by atoms with Crippen molar-refractivity contribution in [2.45, 2.75) is 120 Å². The molecule has 438 valence electrons. The van der Waals surface area contributed by atoms with Crippen LogP contribution < -0.4 is 15.4 Å². The smallest absolute Gasteiger partial charge is 0.314 e. The van der Waals surface area contributed by atoms with Crippen molar-refractivity contribution >= 4 is 54.9 Å². The number of urea groups is 1. The number of carbonyl (C=O) groups is 2. The summed E-state index contributed by atoms with van der Waals surface area (Å²) in [6.45, 7) is 18.6. The van der Waals surface area contributed by atoms with E-state index in [1.54, 1.807) is 12.1 Å². The number of hydrogen-bond acceptors (Lipinski definition) is 12. The van der Waals surface area contributed by atoms with Gasteiger partial charge in [0, 0.05) is 113 Å². The van der Waals surface area contributed by atoms with Gasteiger partial charge in [0.25, 0.3) is 0 Å². The van der Waals surface area contributed by atoms with E-state index in [0.29, 0.717) is 93.2 Å². The summed E-state index contributed by atoms with van der Waals surface area (Å²) in [5.41, 5.74) is 11.3. The first kappa shape index (κ1) is 62.1. The number of nitrogens with zero attached hydrogens (tertiary/aromatic N) is 4. The van der Waals surface area contributed by atoms with E-state index in [2.05, 4.69) is 75.9 Å². The maximum atomic E-state index is 13.8. The molecule has 0 aromatic heterocycles. The Labute approximate surface area is 486 Å². The first-order valence-corrected chi connectivity index (χ1v) is 32.7. The molecule has 4 aromatic rings. The number of likely N-dealkylation sites (tertiary alicyclic amines) is 2. The summed E-state index contributed by atoms with van der Waals surface area (Å²) in [5.74, 6) is 0.447. The van der Waals surface area contributed by atoms with Gasteiger partial charge < -0.3 is 34.8 Å². The summed E-state index contributed by atoms with van der Waals surface area (Å²) in [7, 11) is -3.05. The number of hydrogen-bond donors (Lipinski definition) is 3. The number of likely N-dealkylation sites (N-methyl/N-ethyl adjacent to an activating group) is 2. The molecule has 0 saturated carbocycles. The second-order valence-corrected chi connectivity index (χ2v) is 27.7. The van der Waals surface area contributed by atoms with E-state index in [9.17, 15) is 26.4 Å². The standard InChI is InChI=1S/C61H85Cl2N7O8S2/c1-42-13-15-51(33-53(42)59-39-67(5)37-57-44(3)29-47(62)31-55(57)59)79(73,74)41-46-17-21-69(35-46)23-27-77-25-10-12-50(71)11-8-7-9-19-64-61(72)65-20-26-78-28-24-70-22-18-49(36-70)66-80(75,76)52-16-14-43(2)54(34-52)60-40-68(6)38-58-45(4)30-48(63)32-56(58)60/h13-16,29-34,46,49,59-60,66H,7-12,17-28,35-41H2,1-6H3,(H2,64,65,72)/t46-,49-,59?,60?/m1/s1. The highest BCUT2D eigenvalue weighted by Gasteiger charge is 2.33. The minimum atomic E-state index is -3.76. The van der Waals surface area contributed by atoms with Gasteiger partial charge >= 0.3 is 6.03 Å². The molecular weight excluding hydrogens is 1090 g/mol. The number of ether oxygens (including phenoxy) is 2. The number of halogens is 2. The van der Waals surface area contributed by atoms with Crippen LogP contribution in [-0.4, -0.2) is 166 Å². The Morgan fingerprint density at radius 3 is 1.77 bits per heavy atom. The molecule has 4 atom stereocenters. The minimum Gasteiger partial charge on any atom is -0.380 e. The topological polar surface area (TPSA) is 170 Å². The Kier molecular flexibility index (Phi) is 22.1. The number of Topliss-reactive ketones (excluding diaryl/α,β-unsaturated/α-hetero) is 1. The van der Waals surface area contributed by atoms with E-state index in [-0.39, 0.29) is 46.3 Å². The zero-order valence-corrected chi connectivity index (χ0v) is 51.0. The lowest BCUT2D eigenvalue weighted by Crippen LogP contribution is -2.38. The van der Waals surface area contributed by atoms with Crippen LogP contribution in [-0.2, 0) is 47.2 Å². The third-order valence-corrected chi connectivity index (χ3v) is 20.5. The average molecular weight is 1180 g/mol. The molecule has 2 saturated heterocycles. The van der Waals surface area contributed by atoms with Crippen molar-refractivity contribution in [3.8, 4) is 0 Å². The zero-order chi connectivity index (χ0) is 57.1. The van der Waals surface area contributed by atoms with E-state index >= 15 is 0 Å². The van der Waals surface area contributed by atoms with Crippen molar-refractivity contribution in [1.82, 2.24) is 35.0 Å². The van der Waals surface area contributed by atoms with Crippen LogP contribution in [0, 0.1) is 33.6 Å². The third-order valence-electron chi connectivity index (χ3n) is 16.7. The number of rotatable bonds is 27. The van der Waals surface area contributed by atoms with Crippen LogP contribution in [0.15, 0.2) is 70.5 Å². The summed E-state index contributed by atoms with van der Waals surface area (Å²) < 4.78 is 69.7. The lowest BCUT2D eigenvalue weighted by Gasteiger charge is -2.34. The SMILES string of the molecule is Cc1ccc(S(=O)(=O)C[C@@H]2CCN(CCOCCCC(=O)CCCCCNC(=O)NCCOCCN3CC[C@@H](NS(=O)(=O)c4ccc(C)c(C5CN(C)Cc6c(C)cc(Cl)cc65)c4)C3)C2)cc1C1CN(C)Cc2c(C)cc(Cl)cc21. The molecule has 4 heterocycles. The lowest BCUT2D eigenvalue weighted by atomic mass is 9.81. The Morgan fingerprint density at radius 1 is 0.588 bits per heavy atom. The Hall–Kier alpha value is -3.98. The van der Waals surface area contributed by atoms with Crippen molar-refractivity contribution in [1.29, 1.82) is 0 Å². The maximum Gasteiger partial charge on any atom is 0.314 e. The number of carbonyl (C=O) groups excluding carboxylic acids is 2. The van der Waals surface area contributed by atoms with Gasteiger partial charge in [-0.2, -0.15) is 0 Å². The highest BCUT2D eigenvalue weighted by atomic mass is 35.5. The third kappa shape index (κ3) is 16.9. The fraction of sp³-hybridized carbons (Fsp3) is 0.574. The normalized spacial score (nSPS) is 20.2. The molecule has 2 amide bonds. The van der Waals surface area contributed by atoms with E-state index in [0.717, 1.165) is 111 Å². The molecule has 0 radical (unpaired) electrons. The largest absolute Gasteiger partial charge is 0.380 e. The van der Waals surface area contributed by atoms with Gasteiger partial charge in [-0.15, -0.1) is 0 Å². The molecule has 2 unspecified atom stereocenters. The van der Waals surface area contributed by atoms with Crippen LogP contribution in [0.2, 0.25) is 10.0 Å². The van der Waals surface area contributed by atoms with Crippen LogP contribution in [0.1, 0.15) is 119 Å². The summed E-state index contributed by atoms with van der Waals surface area (Å²) in [6, 6.07) is 18.7. The second kappa shape index (κ2) is 28.5. The predicted octanol–water partition coefficient (Wildman–Crippen LogP) is 8.77. The van der Waals surface area contributed by atoms with Crippen LogP contribution in [0.25, 0.3) is 0 Å². The number of ketones is 1. The highest BCUT2D eigenvalue weighted by Crippen LogP contribution is 2.40. The van der Waals surface area contributed by atoms with Gasteiger partial charge in [0.2, 0.25) is 10.0 Å². The first-order valence-electron chi connectivity index (χ1n) is 28.8. The molecule has 8 rings (SSSR count). The molecule has 4 aromatic carbocycles. The number of aryl methyl sites for hydroxylation is 4. The minimum absolute atomic E-state index is 0.00921. The van der Waals surface area contributed by atoms with Crippen LogP contribution in [0.4, 0.5) is 4.79 Å². The van der Waals surface area contributed by atoms with Crippen molar-refractivity contribution in [2.24, 2.45) is 5.92 Å². The summed E-state index contributed by atoms with van der Waals surface area (Å²) in [5, 5.41) is 7.10. The molecule has 0 bridgehead atoms. The molecule has 2 fully saturated rings. The van der Waals surface area contributed by atoms with Gasteiger partial charge in [0.15, 0.2) is 9.84 Å².